The molecule has 0 heterocycles. The summed E-state index contributed by atoms with van der Waals surface area (Å²) in [5.41, 5.74) is 0. The van der Waals surface area contributed by atoms with Gasteiger partial charge in [0.15, 0.2) is 0 Å². The van der Waals surface area contributed by atoms with E-state index in [1.807, 2.05) is 0 Å². The van der Waals surface area contributed by atoms with E-state index in [0.29, 0.717) is 26.0 Å². The minimum atomic E-state index is -0.300. The average Bonchev–Trinajstić information content (AvgIpc) is 2.06. The predicted molar refractivity (Wildman–Crippen MR) is 46.0 cm³/mol. The maximum absolute atomic E-state index is 11.7. The smallest absolute Gasteiger partial charge is 0.0906 e. The molecule has 0 aliphatic heterocycles. The molecule has 74 valence electrons. The van der Waals surface area contributed by atoms with Gasteiger partial charge in [-0.15, -0.1) is 0 Å². The van der Waals surface area contributed by atoms with Crippen LogP contribution in [0.3, 0.4) is 0 Å². The summed E-state index contributed by atoms with van der Waals surface area (Å²) < 4.78 is 16.6. The number of rotatable bonds is 8. The van der Waals surface area contributed by atoms with Gasteiger partial charge < -0.3 is 15.2 Å². The topological polar surface area (TPSA) is 41.5 Å². The van der Waals surface area contributed by atoms with Gasteiger partial charge >= 0.3 is 0 Å². The van der Waals surface area contributed by atoms with Gasteiger partial charge in [0, 0.05) is 19.8 Å². The fourth-order valence-corrected chi connectivity index (χ4v) is 0.974. The van der Waals surface area contributed by atoms with Crippen molar-refractivity contribution >= 4 is 0 Å². The summed E-state index contributed by atoms with van der Waals surface area (Å²) in [4.78, 5) is 0. The molecular formula is C8H18FNO2. The summed E-state index contributed by atoms with van der Waals surface area (Å²) in [6, 6.07) is 0.145. The normalized spacial score (nSPS) is 13.2. The minimum Gasteiger partial charge on any atom is -0.396 e. The van der Waals surface area contributed by atoms with E-state index in [0.717, 1.165) is 0 Å². The number of alkyl halides is 1. The standard InChI is InChI=1S/C8H18FNO2/c1-12-7-8(3-6-11)10-5-2-4-9/h8,10-11H,2-7H2,1H3. The second-order valence-corrected chi connectivity index (χ2v) is 2.66. The first-order chi connectivity index (χ1) is 5.85. The van der Waals surface area contributed by atoms with Crippen LogP contribution in [0, 0.1) is 0 Å². The third kappa shape index (κ3) is 6.52. The third-order valence-electron chi connectivity index (χ3n) is 1.59. The highest BCUT2D eigenvalue weighted by Gasteiger charge is 2.05. The number of hydrogen-bond acceptors (Lipinski definition) is 3. The van der Waals surface area contributed by atoms with Gasteiger partial charge in [0.2, 0.25) is 0 Å². The Kier molecular flexibility index (Phi) is 8.76. The van der Waals surface area contributed by atoms with Crippen molar-refractivity contribution in [1.82, 2.24) is 5.32 Å². The van der Waals surface area contributed by atoms with Crippen LogP contribution in [0.15, 0.2) is 0 Å². The van der Waals surface area contributed by atoms with Crippen LogP contribution >= 0.6 is 0 Å². The number of ether oxygens (including phenoxy) is 1. The molecule has 4 heteroatoms. The van der Waals surface area contributed by atoms with Crippen LogP contribution in [0.1, 0.15) is 12.8 Å². The van der Waals surface area contributed by atoms with Gasteiger partial charge in [-0.25, -0.2) is 0 Å². The number of nitrogens with one attached hydrogen (secondary N) is 1. The van der Waals surface area contributed by atoms with Crippen molar-refractivity contribution in [2.45, 2.75) is 18.9 Å². The zero-order valence-electron chi connectivity index (χ0n) is 7.55. The van der Waals surface area contributed by atoms with Crippen molar-refractivity contribution in [1.29, 1.82) is 0 Å². The maximum Gasteiger partial charge on any atom is 0.0906 e. The van der Waals surface area contributed by atoms with E-state index in [9.17, 15) is 4.39 Å². The van der Waals surface area contributed by atoms with E-state index in [2.05, 4.69) is 5.32 Å². The molecular weight excluding hydrogens is 161 g/mol. The van der Waals surface area contributed by atoms with Crippen molar-refractivity contribution in [2.75, 3.05) is 33.5 Å². The SMILES string of the molecule is COCC(CCO)NCCCF. The molecule has 0 aromatic carbocycles. The van der Waals surface area contributed by atoms with Crippen LogP contribution in [0.2, 0.25) is 0 Å². The van der Waals surface area contributed by atoms with E-state index in [1.54, 1.807) is 7.11 Å². The zero-order valence-corrected chi connectivity index (χ0v) is 7.55. The van der Waals surface area contributed by atoms with Crippen LogP contribution < -0.4 is 5.32 Å². The summed E-state index contributed by atoms with van der Waals surface area (Å²) in [7, 11) is 1.61. The van der Waals surface area contributed by atoms with Crippen molar-refractivity contribution < 1.29 is 14.2 Å². The fraction of sp³-hybridized carbons (Fsp3) is 1.00. The molecule has 1 unspecified atom stereocenters. The highest BCUT2D eigenvalue weighted by atomic mass is 19.1. The lowest BCUT2D eigenvalue weighted by molar-refractivity contribution is 0.148. The largest absolute Gasteiger partial charge is 0.396 e. The summed E-state index contributed by atoms with van der Waals surface area (Å²) in [5.74, 6) is 0. The molecule has 3 nitrogen and oxygen atoms in total. The monoisotopic (exact) mass is 179 g/mol. The quantitative estimate of drug-likeness (QED) is 0.528. The Labute approximate surface area is 72.9 Å². The van der Waals surface area contributed by atoms with Gasteiger partial charge in [-0.1, -0.05) is 0 Å². The van der Waals surface area contributed by atoms with E-state index < -0.39 is 0 Å². The van der Waals surface area contributed by atoms with Crippen LogP contribution in [0.25, 0.3) is 0 Å². The number of hydrogen-bond donors (Lipinski definition) is 2. The van der Waals surface area contributed by atoms with Crippen LogP contribution in [0.4, 0.5) is 4.39 Å². The van der Waals surface area contributed by atoms with E-state index in [1.165, 1.54) is 0 Å². The van der Waals surface area contributed by atoms with Gasteiger partial charge in [0.1, 0.15) is 0 Å². The second kappa shape index (κ2) is 8.90. The first-order valence-electron chi connectivity index (χ1n) is 4.24. The zero-order chi connectivity index (χ0) is 9.23. The van der Waals surface area contributed by atoms with Gasteiger partial charge in [-0.2, -0.15) is 0 Å². The molecule has 0 saturated carbocycles. The summed E-state index contributed by atoms with van der Waals surface area (Å²) in [6.07, 6.45) is 1.17. The van der Waals surface area contributed by atoms with E-state index in [-0.39, 0.29) is 19.3 Å². The Morgan fingerprint density at radius 1 is 1.58 bits per heavy atom. The summed E-state index contributed by atoms with van der Waals surface area (Å²) in [6.45, 7) is 1.04. The number of halogens is 1. The first-order valence-corrected chi connectivity index (χ1v) is 4.24. The highest BCUT2D eigenvalue weighted by molar-refractivity contribution is 4.64. The van der Waals surface area contributed by atoms with Crippen LogP contribution in [-0.2, 0) is 4.74 Å². The number of methoxy groups -OCH3 is 1. The molecule has 0 aliphatic rings. The Hall–Kier alpha value is -0.190. The molecule has 0 rings (SSSR count). The average molecular weight is 179 g/mol. The van der Waals surface area contributed by atoms with Crippen LogP contribution in [-0.4, -0.2) is 44.7 Å². The lowest BCUT2D eigenvalue weighted by Crippen LogP contribution is -2.34. The maximum atomic E-state index is 11.7. The molecule has 0 aliphatic carbocycles. The van der Waals surface area contributed by atoms with Gasteiger partial charge in [-0.05, 0) is 19.4 Å². The van der Waals surface area contributed by atoms with E-state index >= 15 is 0 Å². The van der Waals surface area contributed by atoms with Gasteiger partial charge in [0.25, 0.3) is 0 Å². The molecule has 2 N–H and O–H groups in total. The second-order valence-electron chi connectivity index (χ2n) is 2.66. The van der Waals surface area contributed by atoms with Crippen molar-refractivity contribution in [3.63, 3.8) is 0 Å². The molecule has 0 bridgehead atoms. The first kappa shape index (κ1) is 11.8. The molecule has 0 aromatic heterocycles. The number of aliphatic hydroxyl groups excluding tert-OH is 1. The molecule has 0 fully saturated rings. The number of aliphatic hydroxyl groups is 1. The third-order valence-corrected chi connectivity index (χ3v) is 1.59. The van der Waals surface area contributed by atoms with E-state index in [4.69, 9.17) is 9.84 Å². The molecule has 0 saturated heterocycles. The Morgan fingerprint density at radius 2 is 2.33 bits per heavy atom. The molecule has 0 spiro atoms. The van der Waals surface area contributed by atoms with Gasteiger partial charge in [0.05, 0.1) is 13.3 Å². The van der Waals surface area contributed by atoms with Crippen molar-refractivity contribution in [3.05, 3.63) is 0 Å². The molecule has 12 heavy (non-hydrogen) atoms. The Balaban J connectivity index is 3.34. The molecule has 0 amide bonds. The molecule has 0 aromatic rings. The fourth-order valence-electron chi connectivity index (χ4n) is 0.974. The Bertz CT molecular complexity index is 87.1. The van der Waals surface area contributed by atoms with Crippen molar-refractivity contribution in [3.8, 4) is 0 Å². The summed E-state index contributed by atoms with van der Waals surface area (Å²) in [5, 5.41) is 11.7. The Morgan fingerprint density at radius 3 is 2.83 bits per heavy atom. The van der Waals surface area contributed by atoms with Crippen molar-refractivity contribution in [2.24, 2.45) is 0 Å². The molecule has 1 atom stereocenters. The predicted octanol–water partition coefficient (Wildman–Crippen LogP) is 0.333. The minimum absolute atomic E-state index is 0.136. The lowest BCUT2D eigenvalue weighted by atomic mass is 10.2. The summed E-state index contributed by atoms with van der Waals surface area (Å²) >= 11 is 0. The molecule has 0 radical (unpaired) electrons. The van der Waals surface area contributed by atoms with Crippen LogP contribution in [0.5, 0.6) is 0 Å². The highest BCUT2D eigenvalue weighted by Crippen LogP contribution is 1.92. The van der Waals surface area contributed by atoms with Gasteiger partial charge in [-0.3, -0.25) is 4.39 Å². The lowest BCUT2D eigenvalue weighted by Gasteiger charge is -2.15.